The molecule has 3 aromatic rings. The van der Waals surface area contributed by atoms with Gasteiger partial charge in [0, 0.05) is 20.9 Å². The zero-order valence-corrected chi connectivity index (χ0v) is 21.5. The van der Waals surface area contributed by atoms with Crippen molar-refractivity contribution in [1.82, 2.24) is 9.66 Å². The molecule has 0 saturated heterocycles. The van der Waals surface area contributed by atoms with Crippen LogP contribution in [0.3, 0.4) is 0 Å². The molecule has 0 aliphatic rings. The summed E-state index contributed by atoms with van der Waals surface area (Å²) in [5.74, 6) is 1.80. The van der Waals surface area contributed by atoms with Crippen LogP contribution in [-0.4, -0.2) is 29.1 Å². The minimum absolute atomic E-state index is 0.222. The van der Waals surface area contributed by atoms with Crippen molar-refractivity contribution >= 4 is 64.9 Å². The van der Waals surface area contributed by atoms with Crippen molar-refractivity contribution in [2.24, 2.45) is 5.10 Å². The van der Waals surface area contributed by atoms with Gasteiger partial charge in [0.15, 0.2) is 11.5 Å². The van der Waals surface area contributed by atoms with Crippen LogP contribution >= 0.6 is 47.8 Å². The Morgan fingerprint density at radius 2 is 1.80 bits per heavy atom. The smallest absolute Gasteiger partial charge is 0.282 e. The summed E-state index contributed by atoms with van der Waals surface area (Å²) in [5.41, 5.74) is 1.16. The molecule has 0 saturated carbocycles. The lowest BCUT2D eigenvalue weighted by molar-refractivity contribution is 0.286. The predicted octanol–water partition coefficient (Wildman–Crippen LogP) is 5.93. The fraction of sp³-hybridized carbons (Fsp3) is 0.286. The zero-order chi connectivity index (χ0) is 21.8. The van der Waals surface area contributed by atoms with Crippen LogP contribution in [-0.2, 0) is 6.42 Å². The lowest BCUT2D eigenvalue weighted by Gasteiger charge is -2.15. The van der Waals surface area contributed by atoms with E-state index < -0.39 is 0 Å². The van der Waals surface area contributed by atoms with Crippen molar-refractivity contribution in [1.29, 1.82) is 0 Å². The van der Waals surface area contributed by atoms with E-state index in [0.29, 0.717) is 47.9 Å². The molecule has 0 spiro atoms. The van der Waals surface area contributed by atoms with Crippen LogP contribution in [0.4, 0.5) is 0 Å². The molecular weight excluding hydrogens is 582 g/mol. The Bertz CT molecular complexity index is 1180. The summed E-state index contributed by atoms with van der Waals surface area (Å²) in [7, 11) is 0. The third-order valence-electron chi connectivity index (χ3n) is 4.25. The summed E-state index contributed by atoms with van der Waals surface area (Å²) in [4.78, 5) is 17.7. The standard InChI is InChI=1S/C21H20Br3N3O3/c1-4-17-26-15-8-7-13(22)10-14(15)21(28)27(17)25-11-12-9-16(29-5-2)20(30-6-3)19(24)18(12)23/h7-11H,4-6H2,1-3H3. The Morgan fingerprint density at radius 1 is 1.07 bits per heavy atom. The van der Waals surface area contributed by atoms with Crippen molar-refractivity contribution in [2.75, 3.05) is 13.2 Å². The van der Waals surface area contributed by atoms with Crippen molar-refractivity contribution in [3.05, 3.63) is 59.4 Å². The average molecular weight is 602 g/mol. The van der Waals surface area contributed by atoms with E-state index >= 15 is 0 Å². The van der Waals surface area contributed by atoms with Crippen molar-refractivity contribution in [2.45, 2.75) is 27.2 Å². The van der Waals surface area contributed by atoms with Crippen molar-refractivity contribution < 1.29 is 9.47 Å². The van der Waals surface area contributed by atoms with Gasteiger partial charge < -0.3 is 9.47 Å². The molecule has 0 N–H and O–H groups in total. The molecule has 0 aliphatic heterocycles. The average Bonchev–Trinajstić information content (AvgIpc) is 2.73. The second-order valence-electron chi connectivity index (χ2n) is 6.19. The van der Waals surface area contributed by atoms with Crippen LogP contribution in [0.1, 0.15) is 32.2 Å². The number of rotatable bonds is 7. The summed E-state index contributed by atoms with van der Waals surface area (Å²) in [6.07, 6.45) is 2.18. The number of fused-ring (bicyclic) bond motifs is 1. The van der Waals surface area contributed by atoms with Crippen molar-refractivity contribution in [3.63, 3.8) is 0 Å². The molecule has 158 valence electrons. The van der Waals surface area contributed by atoms with E-state index in [-0.39, 0.29) is 5.56 Å². The molecule has 0 bridgehead atoms. The molecule has 0 aliphatic carbocycles. The van der Waals surface area contributed by atoms with Crippen LogP contribution in [0.5, 0.6) is 11.5 Å². The van der Waals surface area contributed by atoms with E-state index in [4.69, 9.17) is 9.47 Å². The maximum atomic E-state index is 13.1. The summed E-state index contributed by atoms with van der Waals surface area (Å²) in [5, 5.41) is 4.96. The molecule has 6 nitrogen and oxygen atoms in total. The highest BCUT2D eigenvalue weighted by Gasteiger charge is 2.17. The Morgan fingerprint density at radius 3 is 2.47 bits per heavy atom. The second-order valence-corrected chi connectivity index (χ2v) is 8.69. The van der Waals surface area contributed by atoms with Gasteiger partial charge in [0.25, 0.3) is 5.56 Å². The number of aromatic nitrogens is 2. The third kappa shape index (κ3) is 4.63. The van der Waals surface area contributed by atoms with Crippen LogP contribution in [0.2, 0.25) is 0 Å². The summed E-state index contributed by atoms with van der Waals surface area (Å²) in [6.45, 7) is 6.76. The molecule has 0 fully saturated rings. The molecule has 0 atom stereocenters. The lowest BCUT2D eigenvalue weighted by Crippen LogP contribution is -2.22. The minimum Gasteiger partial charge on any atom is -0.490 e. The first-order valence-electron chi connectivity index (χ1n) is 9.44. The monoisotopic (exact) mass is 599 g/mol. The molecule has 0 unspecified atom stereocenters. The van der Waals surface area contributed by atoms with E-state index in [9.17, 15) is 4.79 Å². The number of hydrogen-bond donors (Lipinski definition) is 0. The molecule has 0 amide bonds. The maximum Gasteiger partial charge on any atom is 0.282 e. The van der Waals surface area contributed by atoms with Gasteiger partial charge in [-0.1, -0.05) is 22.9 Å². The van der Waals surface area contributed by atoms with Gasteiger partial charge in [-0.15, -0.1) is 0 Å². The first kappa shape index (κ1) is 23.0. The molecule has 1 heterocycles. The Kier molecular flexibility index (Phi) is 7.70. The topological polar surface area (TPSA) is 65.7 Å². The van der Waals surface area contributed by atoms with Gasteiger partial charge in [-0.3, -0.25) is 4.79 Å². The Balaban J connectivity index is 2.14. The molecule has 1 aromatic heterocycles. The Hall–Kier alpha value is -1.71. The third-order valence-corrected chi connectivity index (χ3v) is 6.88. The SMILES string of the molecule is CCOc1cc(C=Nn2c(CC)nc3ccc(Br)cc3c2=O)c(Br)c(Br)c1OCC. The number of benzene rings is 2. The molecule has 9 heteroatoms. The van der Waals surface area contributed by atoms with Crippen LogP contribution in [0, 0.1) is 0 Å². The number of nitrogens with zero attached hydrogens (tertiary/aromatic N) is 3. The fourth-order valence-electron chi connectivity index (χ4n) is 2.90. The summed E-state index contributed by atoms with van der Waals surface area (Å²) in [6, 6.07) is 7.27. The van der Waals surface area contributed by atoms with Gasteiger partial charge in [0.2, 0.25) is 0 Å². The van der Waals surface area contributed by atoms with Crippen LogP contribution < -0.4 is 15.0 Å². The van der Waals surface area contributed by atoms with Gasteiger partial charge in [-0.25, -0.2) is 4.98 Å². The number of halogens is 3. The molecular formula is C21H20Br3N3O3. The quantitative estimate of drug-likeness (QED) is 0.315. The van der Waals surface area contributed by atoms with Gasteiger partial charge >= 0.3 is 0 Å². The summed E-state index contributed by atoms with van der Waals surface area (Å²) >= 11 is 10.6. The zero-order valence-electron chi connectivity index (χ0n) is 16.7. The van der Waals surface area contributed by atoms with E-state index in [0.717, 1.165) is 19.0 Å². The first-order valence-corrected chi connectivity index (χ1v) is 11.8. The highest BCUT2D eigenvalue weighted by molar-refractivity contribution is 9.13. The highest BCUT2D eigenvalue weighted by Crippen LogP contribution is 2.42. The van der Waals surface area contributed by atoms with Gasteiger partial charge in [-0.05, 0) is 70.0 Å². The van der Waals surface area contributed by atoms with E-state index in [1.807, 2.05) is 39.0 Å². The molecule has 0 radical (unpaired) electrons. The van der Waals surface area contributed by atoms with Crippen LogP contribution in [0.15, 0.2) is 47.6 Å². The normalized spacial score (nSPS) is 11.4. The fourth-order valence-corrected chi connectivity index (χ4v) is 4.20. The van der Waals surface area contributed by atoms with E-state index in [1.165, 1.54) is 4.68 Å². The van der Waals surface area contributed by atoms with Crippen LogP contribution in [0.25, 0.3) is 10.9 Å². The Labute approximate surface area is 199 Å². The molecule has 2 aromatic carbocycles. The first-order chi connectivity index (χ1) is 14.4. The molecule has 3 rings (SSSR count). The second kappa shape index (κ2) is 10.1. The number of aryl methyl sites for hydroxylation is 1. The van der Waals surface area contributed by atoms with Crippen molar-refractivity contribution in [3.8, 4) is 11.5 Å². The predicted molar refractivity (Wildman–Crippen MR) is 130 cm³/mol. The number of ether oxygens (including phenoxy) is 2. The largest absolute Gasteiger partial charge is 0.490 e. The summed E-state index contributed by atoms with van der Waals surface area (Å²) < 4.78 is 15.1. The van der Waals surface area contributed by atoms with Gasteiger partial charge in [0.05, 0.1) is 34.8 Å². The van der Waals surface area contributed by atoms with E-state index in [2.05, 4.69) is 57.9 Å². The van der Waals surface area contributed by atoms with Gasteiger partial charge in [-0.2, -0.15) is 9.78 Å². The molecule has 30 heavy (non-hydrogen) atoms. The number of hydrogen-bond acceptors (Lipinski definition) is 5. The maximum absolute atomic E-state index is 13.1. The minimum atomic E-state index is -0.222. The lowest BCUT2D eigenvalue weighted by atomic mass is 10.2. The van der Waals surface area contributed by atoms with Gasteiger partial charge in [0.1, 0.15) is 5.82 Å². The van der Waals surface area contributed by atoms with E-state index in [1.54, 1.807) is 12.3 Å². The highest BCUT2D eigenvalue weighted by atomic mass is 79.9.